The normalized spacial score (nSPS) is 13.8. The second-order valence-electron chi connectivity index (χ2n) is 5.18. The van der Waals surface area contributed by atoms with Crippen molar-refractivity contribution < 1.29 is 22.7 Å². The molecule has 1 amide bonds. The number of rotatable bonds is 4. The van der Waals surface area contributed by atoms with Gasteiger partial charge in [0, 0.05) is 18.4 Å². The summed E-state index contributed by atoms with van der Waals surface area (Å²) in [4.78, 5) is 24.8. The van der Waals surface area contributed by atoms with Crippen LogP contribution < -0.4 is 9.62 Å². The summed E-state index contributed by atoms with van der Waals surface area (Å²) in [5, 5.41) is 1.51. The molecule has 0 atom stereocenters. The van der Waals surface area contributed by atoms with Gasteiger partial charge >= 0.3 is 5.97 Å². The Kier molecular flexibility index (Phi) is 4.06. The average molecular weight is 366 g/mol. The number of nitrogens with zero attached hydrogens (tertiary/aromatic N) is 1. The number of thiophene rings is 1. The number of esters is 1. The maximum atomic E-state index is 12.5. The summed E-state index contributed by atoms with van der Waals surface area (Å²) in [5.41, 5.74) is 1.84. The van der Waals surface area contributed by atoms with E-state index in [2.05, 4.69) is 9.46 Å². The van der Waals surface area contributed by atoms with Crippen molar-refractivity contribution in [3.8, 4) is 0 Å². The second-order valence-corrected chi connectivity index (χ2v) is 7.75. The van der Waals surface area contributed by atoms with Crippen LogP contribution in [0.4, 0.5) is 11.4 Å². The van der Waals surface area contributed by atoms with Gasteiger partial charge in [0.05, 0.1) is 13.5 Å². The first-order chi connectivity index (χ1) is 11.3. The number of fused-ring (bicyclic) bond motifs is 1. The first-order valence-corrected chi connectivity index (χ1v) is 9.28. The van der Waals surface area contributed by atoms with Gasteiger partial charge in [-0.2, -0.15) is 0 Å². The number of likely N-dealkylation sites (N-methyl/N-ethyl adjacent to an activating group) is 1. The molecule has 0 spiro atoms. The lowest BCUT2D eigenvalue weighted by atomic mass is 10.1. The van der Waals surface area contributed by atoms with Crippen molar-refractivity contribution in [2.24, 2.45) is 0 Å². The van der Waals surface area contributed by atoms with Gasteiger partial charge in [0.2, 0.25) is 5.91 Å². The molecule has 2 heterocycles. The van der Waals surface area contributed by atoms with Crippen LogP contribution in [0.15, 0.2) is 34.5 Å². The lowest BCUT2D eigenvalue weighted by Gasteiger charge is -2.12. The summed E-state index contributed by atoms with van der Waals surface area (Å²) in [6.07, 6.45) is 0.229. The largest absolute Gasteiger partial charge is 0.465 e. The van der Waals surface area contributed by atoms with Crippen LogP contribution in [-0.2, 0) is 26.0 Å². The van der Waals surface area contributed by atoms with Crippen molar-refractivity contribution in [2.45, 2.75) is 11.3 Å². The zero-order valence-corrected chi connectivity index (χ0v) is 14.5. The fourth-order valence-corrected chi connectivity index (χ4v) is 4.88. The Labute approximate surface area is 142 Å². The topological polar surface area (TPSA) is 92.8 Å². The predicted molar refractivity (Wildman–Crippen MR) is 90.0 cm³/mol. The summed E-state index contributed by atoms with van der Waals surface area (Å²) >= 11 is 0.995. The molecule has 2 aromatic rings. The lowest BCUT2D eigenvalue weighted by molar-refractivity contribution is -0.117. The monoisotopic (exact) mass is 366 g/mol. The molecule has 0 saturated heterocycles. The van der Waals surface area contributed by atoms with Crippen LogP contribution >= 0.6 is 11.3 Å². The number of hydrogen-bond acceptors (Lipinski definition) is 6. The number of hydrogen-bond donors (Lipinski definition) is 1. The molecule has 1 aromatic carbocycles. The maximum absolute atomic E-state index is 12.5. The van der Waals surface area contributed by atoms with Crippen LogP contribution in [0, 0.1) is 0 Å². The van der Waals surface area contributed by atoms with E-state index < -0.39 is 16.0 Å². The van der Waals surface area contributed by atoms with Crippen molar-refractivity contribution in [3.63, 3.8) is 0 Å². The van der Waals surface area contributed by atoms with Crippen molar-refractivity contribution >= 4 is 44.6 Å². The molecule has 126 valence electrons. The molecule has 0 unspecified atom stereocenters. The van der Waals surface area contributed by atoms with Crippen molar-refractivity contribution in [1.82, 2.24) is 0 Å². The molecular formula is C15H14N2O5S2. The Hall–Kier alpha value is -2.39. The Morgan fingerprint density at radius 3 is 2.79 bits per heavy atom. The molecule has 1 aromatic heterocycles. The Balaban J connectivity index is 1.92. The van der Waals surface area contributed by atoms with Crippen LogP contribution in [0.2, 0.25) is 0 Å². The number of methoxy groups -OCH3 is 1. The highest BCUT2D eigenvalue weighted by atomic mass is 32.2. The maximum Gasteiger partial charge on any atom is 0.349 e. The van der Waals surface area contributed by atoms with Gasteiger partial charge in [-0.25, -0.2) is 13.2 Å². The van der Waals surface area contributed by atoms with Crippen LogP contribution in [0.3, 0.4) is 0 Å². The van der Waals surface area contributed by atoms with Gasteiger partial charge < -0.3 is 9.64 Å². The van der Waals surface area contributed by atoms with E-state index in [1.54, 1.807) is 25.2 Å². The molecular weight excluding hydrogens is 352 g/mol. The van der Waals surface area contributed by atoms with E-state index in [1.807, 2.05) is 0 Å². The number of anilines is 2. The van der Waals surface area contributed by atoms with Gasteiger partial charge in [-0.15, -0.1) is 11.3 Å². The Bertz CT molecular complexity index is 933. The van der Waals surface area contributed by atoms with E-state index in [9.17, 15) is 18.0 Å². The third-order valence-electron chi connectivity index (χ3n) is 3.70. The van der Waals surface area contributed by atoms with Gasteiger partial charge in [-0.3, -0.25) is 9.52 Å². The molecule has 1 aliphatic heterocycles. The quantitative estimate of drug-likeness (QED) is 0.834. The molecule has 0 saturated carbocycles. The highest BCUT2D eigenvalue weighted by Crippen LogP contribution is 2.31. The fraction of sp³-hybridized carbons (Fsp3) is 0.200. The summed E-state index contributed by atoms with van der Waals surface area (Å²) in [5.74, 6) is -0.748. The SMILES string of the molecule is COC(=O)c1sccc1S(=O)(=O)Nc1ccc2c(c1)CC(=O)N2C. The highest BCUT2D eigenvalue weighted by Gasteiger charge is 2.27. The second kappa shape index (κ2) is 5.91. The van der Waals surface area contributed by atoms with Crippen molar-refractivity contribution in [3.05, 3.63) is 40.1 Å². The zero-order valence-electron chi connectivity index (χ0n) is 12.9. The number of carbonyl (C=O) groups excluding carboxylic acids is 2. The first kappa shape index (κ1) is 16.5. The van der Waals surface area contributed by atoms with E-state index in [4.69, 9.17) is 0 Å². The molecule has 0 bridgehead atoms. The van der Waals surface area contributed by atoms with Crippen LogP contribution in [0.5, 0.6) is 0 Å². The standard InChI is InChI=1S/C15H14N2O5S2/c1-17-11-4-3-10(7-9(11)8-13(17)18)16-24(20,21)12-5-6-23-14(12)15(19)22-2/h3-7,16H,8H2,1-2H3. The van der Waals surface area contributed by atoms with Crippen LogP contribution in [0.1, 0.15) is 15.2 Å². The Morgan fingerprint density at radius 2 is 2.08 bits per heavy atom. The van der Waals surface area contributed by atoms with E-state index in [1.165, 1.54) is 23.5 Å². The summed E-state index contributed by atoms with van der Waals surface area (Å²) in [6.45, 7) is 0. The van der Waals surface area contributed by atoms with Gasteiger partial charge in [0.25, 0.3) is 10.0 Å². The summed E-state index contributed by atoms with van der Waals surface area (Å²) in [6, 6.07) is 6.24. The van der Waals surface area contributed by atoms with Gasteiger partial charge in [0.15, 0.2) is 0 Å². The number of amides is 1. The minimum absolute atomic E-state index is 0.0149. The summed E-state index contributed by atoms with van der Waals surface area (Å²) in [7, 11) is -1.07. The number of benzene rings is 1. The Morgan fingerprint density at radius 1 is 1.33 bits per heavy atom. The minimum Gasteiger partial charge on any atom is -0.465 e. The smallest absolute Gasteiger partial charge is 0.349 e. The predicted octanol–water partition coefficient (Wildman–Crippen LogP) is 1.85. The van der Waals surface area contributed by atoms with Gasteiger partial charge in [-0.1, -0.05) is 0 Å². The van der Waals surface area contributed by atoms with E-state index in [-0.39, 0.29) is 22.1 Å². The third kappa shape index (κ3) is 2.76. The lowest BCUT2D eigenvalue weighted by Crippen LogP contribution is -2.20. The van der Waals surface area contributed by atoms with Gasteiger partial charge in [-0.05, 0) is 35.2 Å². The number of carbonyl (C=O) groups is 2. The zero-order chi connectivity index (χ0) is 17.5. The fourth-order valence-electron chi connectivity index (χ4n) is 2.49. The number of sulfonamides is 1. The average Bonchev–Trinajstić information content (AvgIpc) is 3.13. The molecule has 3 rings (SSSR count). The molecule has 24 heavy (non-hydrogen) atoms. The van der Waals surface area contributed by atoms with E-state index in [0.717, 1.165) is 22.6 Å². The molecule has 1 aliphatic rings. The molecule has 9 heteroatoms. The number of nitrogens with one attached hydrogen (secondary N) is 1. The van der Waals surface area contributed by atoms with Gasteiger partial charge in [0.1, 0.15) is 9.77 Å². The van der Waals surface area contributed by atoms with E-state index >= 15 is 0 Å². The van der Waals surface area contributed by atoms with Crippen molar-refractivity contribution in [2.75, 3.05) is 23.8 Å². The first-order valence-electron chi connectivity index (χ1n) is 6.91. The highest BCUT2D eigenvalue weighted by molar-refractivity contribution is 7.93. The minimum atomic E-state index is -3.94. The molecule has 0 fully saturated rings. The summed E-state index contributed by atoms with van der Waals surface area (Å²) < 4.78 is 32.1. The molecule has 1 N–H and O–H groups in total. The molecule has 7 nitrogen and oxygen atoms in total. The number of ether oxygens (including phenoxy) is 1. The van der Waals surface area contributed by atoms with Crippen molar-refractivity contribution in [1.29, 1.82) is 0 Å². The third-order valence-corrected chi connectivity index (χ3v) is 6.15. The van der Waals surface area contributed by atoms with Crippen LogP contribution in [-0.4, -0.2) is 34.5 Å². The van der Waals surface area contributed by atoms with E-state index in [0.29, 0.717) is 5.69 Å². The van der Waals surface area contributed by atoms with Crippen LogP contribution in [0.25, 0.3) is 0 Å². The molecule has 0 radical (unpaired) electrons. The molecule has 0 aliphatic carbocycles.